The lowest BCUT2D eigenvalue weighted by molar-refractivity contribution is -0.0523. The molecule has 4 aliphatic heterocycles. The van der Waals surface area contributed by atoms with E-state index < -0.39 is 119 Å². The molecule has 0 aliphatic carbocycles. The lowest BCUT2D eigenvalue weighted by Gasteiger charge is -2.44. The highest BCUT2D eigenvalue weighted by atomic mass is 35.6. The molecule has 20 nitrogen and oxygen atoms in total. The average Bonchev–Trinajstić information content (AvgIpc) is 1.62. The topological polar surface area (TPSA) is 224 Å². The van der Waals surface area contributed by atoms with E-state index in [0.717, 1.165) is 27.1 Å². The van der Waals surface area contributed by atoms with Crippen molar-refractivity contribution in [3.05, 3.63) is 83.4 Å². The lowest BCUT2D eigenvalue weighted by Crippen LogP contribution is -2.58. The van der Waals surface area contributed by atoms with Crippen molar-refractivity contribution in [2.24, 2.45) is 0 Å². The number of alkyl halides is 9. The van der Waals surface area contributed by atoms with Crippen LogP contribution in [-0.4, -0.2) is 137 Å². The molecule has 4 atom stereocenters. The fraction of sp³-hybridized carbons (Fsp3) is 0.536. The summed E-state index contributed by atoms with van der Waals surface area (Å²) in [6, 6.07) is 10.6. The zero-order chi connectivity index (χ0) is 65.7. The van der Waals surface area contributed by atoms with Gasteiger partial charge in [-0.3, -0.25) is 9.59 Å². The lowest BCUT2D eigenvalue weighted by atomic mass is 10.0. The van der Waals surface area contributed by atoms with Crippen LogP contribution in [0.1, 0.15) is 99.9 Å². The first-order chi connectivity index (χ1) is 40.5. The van der Waals surface area contributed by atoms with Gasteiger partial charge < -0.3 is 57.0 Å². The van der Waals surface area contributed by atoms with E-state index in [1.807, 2.05) is 79.9 Å². The summed E-state index contributed by atoms with van der Waals surface area (Å²) in [5.41, 5.74) is 2.15. The van der Waals surface area contributed by atoms with Crippen LogP contribution in [0.15, 0.2) is 66.7 Å². The van der Waals surface area contributed by atoms with Gasteiger partial charge in [-0.1, -0.05) is 123 Å². The number of anilines is 3. The summed E-state index contributed by atoms with van der Waals surface area (Å²) in [7, 11) is -9.41. The molecule has 0 fully saturated rings. The number of benzene rings is 3. The van der Waals surface area contributed by atoms with E-state index in [-0.39, 0.29) is 70.2 Å². The second kappa shape index (κ2) is 26.5. The first kappa shape index (κ1) is 70.7. The highest BCUT2D eigenvalue weighted by molar-refractivity contribution is 7.87. The van der Waals surface area contributed by atoms with Crippen LogP contribution in [0.3, 0.4) is 0 Å². The van der Waals surface area contributed by atoms with Crippen LogP contribution in [0.25, 0.3) is 5.57 Å². The third kappa shape index (κ3) is 15.9. The number of carbonyl (C=O) groups is 4. The van der Waals surface area contributed by atoms with Crippen LogP contribution < -0.4 is 34.5 Å². The molecule has 4 aliphatic rings. The van der Waals surface area contributed by atoms with Crippen molar-refractivity contribution >= 4 is 143 Å². The minimum atomic E-state index is -6.21. The van der Waals surface area contributed by atoms with Crippen molar-refractivity contribution in [3.63, 3.8) is 0 Å². The number of carbonyl (C=O) groups excluding carboxylic acids is 4. The number of halogens is 9. The van der Waals surface area contributed by atoms with E-state index in [4.69, 9.17) is 113 Å². The number of hydrogen-bond donors (Lipinski definition) is 1. The number of ether oxygens (including phenoxy) is 6. The third-order valence-corrected chi connectivity index (χ3v) is 26.5. The molecule has 88 heavy (non-hydrogen) atoms. The molecule has 0 aromatic heterocycles. The first-order valence-corrected chi connectivity index (χ1v) is 37.0. The number of hydrogen-bond acceptors (Lipinski definition) is 16. The monoisotopic (exact) mass is 1410 g/mol. The molecule has 32 heteroatoms. The summed E-state index contributed by atoms with van der Waals surface area (Å²) < 4.78 is 115. The summed E-state index contributed by atoms with van der Waals surface area (Å²) in [6.07, 6.45) is -1.53. The van der Waals surface area contributed by atoms with Gasteiger partial charge in [-0.25, -0.2) is 19.4 Å². The Balaban J connectivity index is 1.17. The summed E-state index contributed by atoms with van der Waals surface area (Å²) in [6.45, 7) is 18.1. The Morgan fingerprint density at radius 3 is 1.47 bits per heavy atom. The van der Waals surface area contributed by atoms with E-state index in [9.17, 15) is 36.0 Å². The van der Waals surface area contributed by atoms with Gasteiger partial charge in [0.15, 0.2) is 52.1 Å². The van der Waals surface area contributed by atoms with Crippen LogP contribution in [-0.2, 0) is 32.6 Å². The Labute approximate surface area is 541 Å². The zero-order valence-corrected chi connectivity index (χ0v) is 57.6. The third-order valence-electron chi connectivity index (χ3n) is 15.9. The molecule has 3 aromatic rings. The maximum atomic E-state index is 15.0. The molecule has 4 heterocycles. The van der Waals surface area contributed by atoms with Gasteiger partial charge in [-0.2, -0.15) is 21.6 Å². The van der Waals surface area contributed by atoms with Gasteiger partial charge in [0.2, 0.25) is 7.59 Å². The molecule has 2 N–H and O–H groups in total. The van der Waals surface area contributed by atoms with Gasteiger partial charge in [0.05, 0.1) is 62.0 Å². The predicted molar refractivity (Wildman–Crippen MR) is 335 cm³/mol. The molecule has 4 amide bonds. The summed E-state index contributed by atoms with van der Waals surface area (Å²) in [5.74, 6) is -1.81. The van der Waals surface area contributed by atoms with Crippen molar-refractivity contribution in [1.29, 1.82) is 0 Å². The van der Waals surface area contributed by atoms with Crippen LogP contribution in [0.2, 0.25) is 36.3 Å². The van der Waals surface area contributed by atoms with Crippen LogP contribution in [0.5, 0.6) is 23.0 Å². The molecule has 0 spiro atoms. The Bertz CT molecular complexity index is 3340. The Hall–Kier alpha value is -4.75. The molecule has 7 rings (SSSR count). The van der Waals surface area contributed by atoms with Gasteiger partial charge in [-0.05, 0) is 97.3 Å². The van der Waals surface area contributed by atoms with E-state index in [1.54, 1.807) is 23.2 Å². The minimum absolute atomic E-state index is 0.0149. The first-order valence-electron chi connectivity index (χ1n) is 27.5. The minimum Gasteiger partial charge on any atom is -0.493 e. The summed E-state index contributed by atoms with van der Waals surface area (Å²) in [5, 5.41) is -0.964. The number of nitrogens with zero attached hydrogens (tertiary/aromatic N) is 4. The van der Waals surface area contributed by atoms with Gasteiger partial charge in [-0.15, -0.1) is 0 Å². The quantitative estimate of drug-likeness (QED) is 0.0294. The average molecular weight is 1410 g/mol. The van der Waals surface area contributed by atoms with Gasteiger partial charge in [0, 0.05) is 36.6 Å². The molecule has 0 radical (unpaired) electrons. The standard InChI is InChI=1S/C56H70Cl6F3N5O15SSi2/c1-52(2,3)87(9,10)84-48-40-22-33(32-17-16-18-34(66)21-32)28-67(40)46(71)36-24-42(77-7)44(26-38(36)69(48)50(73)81-30-54(57,58)59)79-19-14-13-15-20-80-45-27-39-37(25-43(45)78-8)47(72)68-29-35(83-86(75,76)56(63,64)65)23-41(68)49(85-88(11,12)53(4,5)6)70(39)51(74)82-31-55(60,61)62/h16-18,21,24-29,40-41,48-49H,13-15,19-20,22-23,30-31,66H2,1-12H3/t40-,41-,48-,49-/m0/s1. The van der Waals surface area contributed by atoms with Crippen molar-refractivity contribution < 1.29 is 82.2 Å². The highest BCUT2D eigenvalue weighted by Crippen LogP contribution is 2.50. The number of unbranched alkanes of at least 4 members (excludes halogenated alkanes) is 2. The molecule has 3 aromatic carbocycles. The Morgan fingerprint density at radius 2 is 1.07 bits per heavy atom. The predicted octanol–water partition coefficient (Wildman–Crippen LogP) is 14.4. The van der Waals surface area contributed by atoms with Crippen molar-refractivity contribution in [2.75, 3.05) is 56.2 Å². The number of fused-ring (bicyclic) bond motifs is 4. The fourth-order valence-corrected chi connectivity index (χ4v) is 12.6. The largest absolute Gasteiger partial charge is 0.534 e. The zero-order valence-electron chi connectivity index (χ0n) is 50.2. The molecule has 486 valence electrons. The molecule has 0 bridgehead atoms. The smallest absolute Gasteiger partial charge is 0.493 e. The molecular weight excluding hydrogens is 1340 g/mol. The van der Waals surface area contributed by atoms with Crippen LogP contribution in [0.4, 0.5) is 39.8 Å². The molecule has 0 saturated heterocycles. The number of nitrogens with two attached hydrogens (primary N) is 1. The second-order valence-electron chi connectivity index (χ2n) is 24.2. The van der Waals surface area contributed by atoms with E-state index >= 15 is 4.79 Å². The highest BCUT2D eigenvalue weighted by Gasteiger charge is 2.55. The van der Waals surface area contributed by atoms with E-state index in [2.05, 4.69) is 4.18 Å². The molecule has 0 unspecified atom stereocenters. The fourth-order valence-electron chi connectivity index (χ4n) is 9.39. The van der Waals surface area contributed by atoms with Crippen molar-refractivity contribution in [3.8, 4) is 23.0 Å². The number of methoxy groups -OCH3 is 2. The maximum absolute atomic E-state index is 15.0. The van der Waals surface area contributed by atoms with Gasteiger partial charge in [0.25, 0.3) is 11.8 Å². The summed E-state index contributed by atoms with van der Waals surface area (Å²) in [4.78, 5) is 63.6. The van der Waals surface area contributed by atoms with E-state index in [0.29, 0.717) is 24.9 Å². The maximum Gasteiger partial charge on any atom is 0.534 e. The van der Waals surface area contributed by atoms with Crippen LogP contribution >= 0.6 is 69.6 Å². The van der Waals surface area contributed by atoms with Crippen molar-refractivity contribution in [2.45, 2.75) is 148 Å². The number of amides is 4. The van der Waals surface area contributed by atoms with Gasteiger partial charge in [0.1, 0.15) is 19.0 Å². The Kier molecular flexibility index (Phi) is 21.3. The number of rotatable bonds is 19. The van der Waals surface area contributed by atoms with Crippen molar-refractivity contribution in [1.82, 2.24) is 9.80 Å². The SMILES string of the molecule is COc1cc2c(cc1OCCCCCOc1cc3c(cc1OC)C(=O)N1C=C(c4cccc(N)c4)C[C@H]1[C@H](O[Si](C)(C)C(C)(C)C)N3C(=O)OCC(Cl)(Cl)Cl)N(C(=O)OCC(Cl)(Cl)Cl)[C@@H](O[Si](C)(C)C(C)(C)C)[C@@H]1CC(OS(=O)(=O)C(F)(F)F)=CN1C2=O. The normalized spacial score (nSPS) is 19.4. The van der Waals surface area contributed by atoms with Gasteiger partial charge >= 0.3 is 27.8 Å². The molecule has 0 saturated carbocycles. The van der Waals surface area contributed by atoms with E-state index in [1.165, 1.54) is 43.4 Å². The Morgan fingerprint density at radius 1 is 0.636 bits per heavy atom. The molecular formula is C56H70Cl6F3N5O15SSi2. The summed E-state index contributed by atoms with van der Waals surface area (Å²) >= 11 is 36.4. The van der Waals surface area contributed by atoms with Crippen LogP contribution in [0, 0.1) is 0 Å². The number of nitrogen functional groups attached to an aromatic ring is 1. The second-order valence-corrected chi connectivity index (χ2v) is 40.3.